The van der Waals surface area contributed by atoms with Crippen LogP contribution in [0, 0.1) is 0 Å². The molecule has 0 aromatic heterocycles. The Labute approximate surface area is 132 Å². The fraction of sp³-hybridized carbons (Fsp3) is 0. The normalized spacial score (nSPS) is 10.3. The van der Waals surface area contributed by atoms with Gasteiger partial charge in [-0.15, -0.1) is 0 Å². The lowest BCUT2D eigenvalue weighted by molar-refractivity contribution is 0.102. The van der Waals surface area contributed by atoms with Crippen molar-refractivity contribution in [3.05, 3.63) is 55.9 Å². The van der Waals surface area contributed by atoms with Crippen LogP contribution in [0.3, 0.4) is 0 Å². The highest BCUT2D eigenvalue weighted by molar-refractivity contribution is 9.11. The summed E-state index contributed by atoms with van der Waals surface area (Å²) in [6.07, 6.45) is 0. The minimum atomic E-state index is -0.220. The Kier molecular flexibility index (Phi) is 4.50. The molecule has 0 saturated carbocycles. The number of hydrogen-bond acceptors (Lipinski definition) is 2. The maximum absolute atomic E-state index is 12.1. The van der Waals surface area contributed by atoms with Gasteiger partial charge in [0.1, 0.15) is 0 Å². The molecule has 0 aliphatic rings. The number of amides is 1. The van der Waals surface area contributed by atoms with Crippen LogP contribution in [-0.4, -0.2) is 5.91 Å². The zero-order valence-corrected chi connectivity index (χ0v) is 13.5. The smallest absolute Gasteiger partial charge is 0.255 e. The second-order valence-corrected chi connectivity index (χ2v) is 5.97. The van der Waals surface area contributed by atoms with E-state index in [1.807, 2.05) is 0 Å². The van der Waals surface area contributed by atoms with Gasteiger partial charge in [0, 0.05) is 25.2 Å². The van der Waals surface area contributed by atoms with Gasteiger partial charge in [-0.2, -0.15) is 0 Å². The van der Waals surface area contributed by atoms with Gasteiger partial charge >= 0.3 is 0 Å². The minimum Gasteiger partial charge on any atom is -0.399 e. The molecule has 3 nitrogen and oxygen atoms in total. The molecule has 0 saturated heterocycles. The summed E-state index contributed by atoms with van der Waals surface area (Å²) in [5, 5.41) is 3.40. The molecule has 3 N–H and O–H groups in total. The maximum Gasteiger partial charge on any atom is 0.255 e. The van der Waals surface area contributed by atoms with Gasteiger partial charge in [-0.05, 0) is 68.3 Å². The topological polar surface area (TPSA) is 55.1 Å². The van der Waals surface area contributed by atoms with E-state index < -0.39 is 0 Å². The number of hydrogen-bond donors (Lipinski definition) is 2. The van der Waals surface area contributed by atoms with Crippen LogP contribution >= 0.6 is 43.5 Å². The summed E-state index contributed by atoms with van der Waals surface area (Å²) in [5.74, 6) is -0.220. The fourth-order valence-electron chi connectivity index (χ4n) is 1.50. The first-order valence-electron chi connectivity index (χ1n) is 5.29. The van der Waals surface area contributed by atoms with Gasteiger partial charge in [0.15, 0.2) is 0 Å². The van der Waals surface area contributed by atoms with Crippen LogP contribution in [-0.2, 0) is 0 Å². The Morgan fingerprint density at radius 3 is 2.16 bits per heavy atom. The van der Waals surface area contributed by atoms with Crippen molar-refractivity contribution in [2.45, 2.75) is 0 Å². The summed E-state index contributed by atoms with van der Waals surface area (Å²) in [6.45, 7) is 0. The van der Waals surface area contributed by atoms with Crippen LogP contribution in [0.25, 0.3) is 0 Å². The molecule has 2 aromatic rings. The number of anilines is 2. The zero-order valence-electron chi connectivity index (χ0n) is 9.58. The number of halogens is 3. The molecule has 0 unspecified atom stereocenters. The molecule has 2 rings (SSSR count). The van der Waals surface area contributed by atoms with Crippen LogP contribution in [0.15, 0.2) is 45.3 Å². The molecule has 0 radical (unpaired) electrons. The van der Waals surface area contributed by atoms with Crippen LogP contribution in [0.4, 0.5) is 11.4 Å². The summed E-state index contributed by atoms with van der Waals surface area (Å²) >= 11 is 12.5. The minimum absolute atomic E-state index is 0.220. The monoisotopic (exact) mass is 402 g/mol. The van der Waals surface area contributed by atoms with Gasteiger partial charge < -0.3 is 11.1 Å². The van der Waals surface area contributed by atoms with Gasteiger partial charge in [0.2, 0.25) is 0 Å². The van der Waals surface area contributed by atoms with E-state index in [1.54, 1.807) is 36.4 Å². The van der Waals surface area contributed by atoms with Crippen molar-refractivity contribution >= 4 is 60.7 Å². The number of nitrogens with one attached hydrogen (secondary N) is 1. The van der Waals surface area contributed by atoms with Crippen LogP contribution in [0.1, 0.15) is 10.4 Å². The van der Waals surface area contributed by atoms with E-state index in [2.05, 4.69) is 37.2 Å². The zero-order chi connectivity index (χ0) is 14.0. The third-order valence-corrected chi connectivity index (χ3v) is 3.91. The lowest BCUT2D eigenvalue weighted by Gasteiger charge is -2.10. The average molecular weight is 404 g/mol. The van der Waals surface area contributed by atoms with E-state index in [1.165, 1.54) is 0 Å². The first-order chi connectivity index (χ1) is 8.97. The Balaban J connectivity index is 2.26. The van der Waals surface area contributed by atoms with Crippen molar-refractivity contribution < 1.29 is 4.79 Å². The highest BCUT2D eigenvalue weighted by Crippen LogP contribution is 2.33. The summed E-state index contributed by atoms with van der Waals surface area (Å²) in [5.41, 5.74) is 7.46. The third kappa shape index (κ3) is 3.49. The van der Waals surface area contributed by atoms with E-state index in [9.17, 15) is 4.79 Å². The molecule has 98 valence electrons. The van der Waals surface area contributed by atoms with Crippen LogP contribution < -0.4 is 11.1 Å². The standard InChI is InChI=1S/C13H9Br2ClN2O/c14-10-5-9(17)6-11(15)12(10)18-13(19)7-1-3-8(16)4-2-7/h1-6H,17H2,(H,18,19). The second kappa shape index (κ2) is 5.94. The quantitative estimate of drug-likeness (QED) is 0.713. The van der Waals surface area contributed by atoms with Crippen molar-refractivity contribution in [2.75, 3.05) is 11.1 Å². The van der Waals surface area contributed by atoms with E-state index in [0.29, 0.717) is 30.9 Å². The molecular weight excluding hydrogens is 395 g/mol. The molecule has 0 spiro atoms. The largest absolute Gasteiger partial charge is 0.399 e. The van der Waals surface area contributed by atoms with Crippen LogP contribution in [0.2, 0.25) is 5.02 Å². The molecule has 2 aromatic carbocycles. The molecular formula is C13H9Br2ClN2O. The Morgan fingerprint density at radius 1 is 1.11 bits per heavy atom. The fourth-order valence-corrected chi connectivity index (χ4v) is 3.05. The predicted molar refractivity (Wildman–Crippen MR) is 85.7 cm³/mol. The molecule has 0 aliphatic heterocycles. The lowest BCUT2D eigenvalue weighted by atomic mass is 10.2. The van der Waals surface area contributed by atoms with Crippen molar-refractivity contribution in [3.63, 3.8) is 0 Å². The first kappa shape index (κ1) is 14.4. The summed E-state index contributed by atoms with van der Waals surface area (Å²) < 4.78 is 1.42. The predicted octanol–water partition coefficient (Wildman–Crippen LogP) is 4.70. The number of nitrogen functional groups attached to an aromatic ring is 1. The molecule has 19 heavy (non-hydrogen) atoms. The van der Waals surface area contributed by atoms with Crippen molar-refractivity contribution in [3.8, 4) is 0 Å². The van der Waals surface area contributed by atoms with Gasteiger partial charge in [-0.25, -0.2) is 0 Å². The molecule has 6 heteroatoms. The number of carbonyl (C=O) groups excluding carboxylic acids is 1. The highest BCUT2D eigenvalue weighted by atomic mass is 79.9. The molecule has 0 heterocycles. The summed E-state index contributed by atoms with van der Waals surface area (Å²) in [4.78, 5) is 12.1. The summed E-state index contributed by atoms with van der Waals surface area (Å²) in [7, 11) is 0. The van der Waals surface area contributed by atoms with E-state index in [-0.39, 0.29) is 5.91 Å². The Morgan fingerprint density at radius 2 is 1.63 bits per heavy atom. The van der Waals surface area contributed by atoms with Gasteiger partial charge in [0.25, 0.3) is 5.91 Å². The number of nitrogens with two attached hydrogens (primary N) is 1. The molecule has 1 amide bonds. The van der Waals surface area contributed by atoms with Gasteiger partial charge in [-0.1, -0.05) is 11.6 Å². The first-order valence-corrected chi connectivity index (χ1v) is 7.25. The molecule has 0 fully saturated rings. The van der Waals surface area contributed by atoms with Crippen molar-refractivity contribution in [2.24, 2.45) is 0 Å². The average Bonchev–Trinajstić information content (AvgIpc) is 2.34. The third-order valence-electron chi connectivity index (χ3n) is 2.41. The Bertz CT molecular complexity index is 606. The maximum atomic E-state index is 12.1. The van der Waals surface area contributed by atoms with Crippen molar-refractivity contribution in [1.29, 1.82) is 0 Å². The van der Waals surface area contributed by atoms with Crippen LogP contribution in [0.5, 0.6) is 0 Å². The Hall–Kier alpha value is -1.04. The second-order valence-electron chi connectivity index (χ2n) is 3.82. The number of benzene rings is 2. The van der Waals surface area contributed by atoms with E-state index >= 15 is 0 Å². The van der Waals surface area contributed by atoms with Gasteiger partial charge in [-0.3, -0.25) is 4.79 Å². The molecule has 0 atom stereocenters. The van der Waals surface area contributed by atoms with E-state index in [0.717, 1.165) is 0 Å². The number of carbonyl (C=O) groups is 1. The van der Waals surface area contributed by atoms with E-state index in [4.69, 9.17) is 17.3 Å². The highest BCUT2D eigenvalue weighted by Gasteiger charge is 2.11. The molecule has 0 bridgehead atoms. The number of rotatable bonds is 2. The SMILES string of the molecule is Nc1cc(Br)c(NC(=O)c2ccc(Cl)cc2)c(Br)c1. The van der Waals surface area contributed by atoms with Gasteiger partial charge in [0.05, 0.1) is 5.69 Å². The molecule has 0 aliphatic carbocycles. The lowest BCUT2D eigenvalue weighted by Crippen LogP contribution is -2.12. The van der Waals surface area contributed by atoms with Crippen molar-refractivity contribution in [1.82, 2.24) is 0 Å². The summed E-state index contributed by atoms with van der Waals surface area (Å²) in [6, 6.07) is 10.1.